The molecule has 3 rings (SSSR count). The molecule has 0 aromatic heterocycles. The van der Waals surface area contributed by atoms with E-state index in [0.717, 1.165) is 31.7 Å². The summed E-state index contributed by atoms with van der Waals surface area (Å²) in [6, 6.07) is 7.04. The molecule has 2 aromatic carbocycles. The fourth-order valence-electron chi connectivity index (χ4n) is 5.48. The highest BCUT2D eigenvalue weighted by atomic mass is 32.2. The number of carboxylic acid groups (broad SMARTS) is 1. The zero-order valence-electron chi connectivity index (χ0n) is 20.9. The van der Waals surface area contributed by atoms with Crippen molar-refractivity contribution in [2.45, 2.75) is 101 Å². The average Bonchev–Trinajstić information content (AvgIpc) is 2.86. The number of benzene rings is 2. The van der Waals surface area contributed by atoms with Gasteiger partial charge in [0.25, 0.3) is 5.76 Å². The summed E-state index contributed by atoms with van der Waals surface area (Å²) in [6.07, 6.45) is 13.6. The molecule has 0 aliphatic heterocycles. The van der Waals surface area contributed by atoms with E-state index in [0.29, 0.717) is 17.0 Å². The maximum Gasteiger partial charge on any atom is 0.335 e. The zero-order chi connectivity index (χ0) is 26.1. The van der Waals surface area contributed by atoms with Gasteiger partial charge in [-0.1, -0.05) is 88.3 Å². The molecule has 1 fully saturated rings. The van der Waals surface area contributed by atoms with Crippen LogP contribution >= 0.6 is 11.8 Å². The molecule has 1 N–H and O–H groups in total. The summed E-state index contributed by atoms with van der Waals surface area (Å²) >= 11 is -0.0462. The molecule has 0 bridgehead atoms. The van der Waals surface area contributed by atoms with E-state index in [2.05, 4.69) is 6.92 Å². The summed E-state index contributed by atoms with van der Waals surface area (Å²) in [5.41, 5.74) is 0.852. The number of thioether (sulfide) groups is 1. The Balaban J connectivity index is 1.74. The fraction of sp³-hybridized carbons (Fsp3) is 0.552. The summed E-state index contributed by atoms with van der Waals surface area (Å²) in [7, 11) is 0. The molecule has 1 aliphatic carbocycles. The average molecular weight is 525 g/mol. The van der Waals surface area contributed by atoms with Crippen LogP contribution in [-0.2, 0) is 0 Å². The number of rotatable bonds is 13. The quantitative estimate of drug-likeness (QED) is 0.161. The van der Waals surface area contributed by atoms with Gasteiger partial charge in [-0.25, -0.2) is 13.6 Å². The second-order valence-corrected chi connectivity index (χ2v) is 10.8. The van der Waals surface area contributed by atoms with E-state index in [1.807, 2.05) is 0 Å². The smallest absolute Gasteiger partial charge is 0.335 e. The first-order valence-electron chi connectivity index (χ1n) is 13.1. The molecule has 0 unspecified atom stereocenters. The molecule has 0 saturated heterocycles. The van der Waals surface area contributed by atoms with Crippen LogP contribution in [0.25, 0.3) is 11.1 Å². The standard InChI is InChI=1S/C29H36F4O2S/c1-2-3-4-5-6-7-8-10-19-13-15-20(16-14-19)25-21(11-9-12-23(25)28(34)35)22-17-18-24(36-29(32)33)27(31)26(22)30/h9,11-12,17-20,29H,2-8,10,13-16H2,1H3,(H,34,35). The van der Waals surface area contributed by atoms with Crippen LogP contribution in [0.5, 0.6) is 0 Å². The summed E-state index contributed by atoms with van der Waals surface area (Å²) in [6.45, 7) is 2.22. The van der Waals surface area contributed by atoms with Crippen LogP contribution < -0.4 is 0 Å². The van der Waals surface area contributed by atoms with Crippen molar-refractivity contribution in [3.63, 3.8) is 0 Å². The van der Waals surface area contributed by atoms with Crippen LogP contribution in [0, 0.1) is 17.6 Å². The lowest BCUT2D eigenvalue weighted by atomic mass is 9.74. The third kappa shape index (κ3) is 7.50. The van der Waals surface area contributed by atoms with Crippen molar-refractivity contribution in [2.24, 2.45) is 5.92 Å². The first-order valence-corrected chi connectivity index (χ1v) is 14.0. The number of carbonyl (C=O) groups is 1. The molecule has 198 valence electrons. The SMILES string of the molecule is CCCCCCCCCC1CCC(c2c(C(=O)O)cccc2-c2ccc(SC(F)F)c(F)c2F)CC1. The number of alkyl halides is 2. The van der Waals surface area contributed by atoms with Gasteiger partial charge in [0.15, 0.2) is 11.6 Å². The highest BCUT2D eigenvalue weighted by molar-refractivity contribution is 7.99. The lowest BCUT2D eigenvalue weighted by Gasteiger charge is -2.31. The van der Waals surface area contributed by atoms with Crippen LogP contribution in [0.1, 0.15) is 106 Å². The van der Waals surface area contributed by atoms with E-state index in [1.165, 1.54) is 69.6 Å². The molecule has 0 radical (unpaired) electrons. The Kier molecular flexibility index (Phi) is 11.1. The van der Waals surface area contributed by atoms with Gasteiger partial charge in [0.2, 0.25) is 0 Å². The fourth-order valence-corrected chi connectivity index (χ4v) is 6.01. The van der Waals surface area contributed by atoms with Gasteiger partial charge in [-0.15, -0.1) is 0 Å². The van der Waals surface area contributed by atoms with Gasteiger partial charge in [-0.3, -0.25) is 0 Å². The van der Waals surface area contributed by atoms with Gasteiger partial charge >= 0.3 is 5.97 Å². The van der Waals surface area contributed by atoms with Crippen molar-refractivity contribution < 1.29 is 27.5 Å². The normalized spacial score (nSPS) is 18.1. The predicted molar refractivity (Wildman–Crippen MR) is 138 cm³/mol. The van der Waals surface area contributed by atoms with Crippen LogP contribution in [0.15, 0.2) is 35.2 Å². The Bertz CT molecular complexity index is 1000. The molecule has 2 nitrogen and oxygen atoms in total. The molecule has 0 heterocycles. The Hall–Kier alpha value is -2.02. The molecule has 7 heteroatoms. The molecule has 36 heavy (non-hydrogen) atoms. The van der Waals surface area contributed by atoms with Crippen LogP contribution in [0.4, 0.5) is 17.6 Å². The van der Waals surface area contributed by atoms with Crippen molar-refractivity contribution in [3.05, 3.63) is 53.1 Å². The minimum atomic E-state index is -2.87. The van der Waals surface area contributed by atoms with Crippen LogP contribution in [-0.4, -0.2) is 16.8 Å². The minimum absolute atomic E-state index is 0.0462. The summed E-state index contributed by atoms with van der Waals surface area (Å²) in [5.74, 6) is -6.00. The van der Waals surface area contributed by atoms with Crippen LogP contribution in [0.2, 0.25) is 0 Å². The minimum Gasteiger partial charge on any atom is -0.478 e. The van der Waals surface area contributed by atoms with Gasteiger partial charge in [0.05, 0.1) is 10.5 Å². The number of hydrogen-bond acceptors (Lipinski definition) is 2. The molecule has 1 saturated carbocycles. The second-order valence-electron chi connectivity index (χ2n) is 9.82. The molecule has 0 atom stereocenters. The van der Waals surface area contributed by atoms with E-state index in [1.54, 1.807) is 6.07 Å². The molecule has 0 spiro atoms. The van der Waals surface area contributed by atoms with E-state index in [4.69, 9.17) is 0 Å². The van der Waals surface area contributed by atoms with Gasteiger partial charge in [-0.2, -0.15) is 8.78 Å². The lowest BCUT2D eigenvalue weighted by molar-refractivity contribution is 0.0694. The monoisotopic (exact) mass is 524 g/mol. The number of hydrogen-bond donors (Lipinski definition) is 1. The Morgan fingerprint density at radius 2 is 1.58 bits per heavy atom. The lowest BCUT2D eigenvalue weighted by Crippen LogP contribution is -2.17. The van der Waals surface area contributed by atoms with E-state index in [-0.39, 0.29) is 28.8 Å². The summed E-state index contributed by atoms with van der Waals surface area (Å²) < 4.78 is 55.0. The maximum atomic E-state index is 15.0. The predicted octanol–water partition coefficient (Wildman–Crippen LogP) is 10.1. The van der Waals surface area contributed by atoms with E-state index >= 15 is 4.39 Å². The van der Waals surface area contributed by atoms with Gasteiger partial charge in [-0.05, 0) is 60.8 Å². The second kappa shape index (κ2) is 14.1. The van der Waals surface area contributed by atoms with Crippen molar-refractivity contribution >= 4 is 17.7 Å². The van der Waals surface area contributed by atoms with Gasteiger partial charge < -0.3 is 5.11 Å². The van der Waals surface area contributed by atoms with Crippen molar-refractivity contribution in [3.8, 4) is 11.1 Å². The summed E-state index contributed by atoms with van der Waals surface area (Å²) in [4.78, 5) is 11.6. The molecular formula is C29H36F4O2S. The first kappa shape index (κ1) is 28.5. The van der Waals surface area contributed by atoms with Crippen molar-refractivity contribution in [1.82, 2.24) is 0 Å². The van der Waals surface area contributed by atoms with Crippen molar-refractivity contribution in [2.75, 3.05) is 0 Å². The van der Waals surface area contributed by atoms with Gasteiger partial charge in [0.1, 0.15) is 0 Å². The Labute approximate surface area is 215 Å². The van der Waals surface area contributed by atoms with Crippen LogP contribution in [0.3, 0.4) is 0 Å². The molecule has 1 aliphatic rings. The van der Waals surface area contributed by atoms with E-state index < -0.39 is 28.3 Å². The first-order chi connectivity index (χ1) is 17.3. The third-order valence-corrected chi connectivity index (χ3v) is 8.11. The number of aromatic carboxylic acids is 1. The number of carboxylic acids is 1. The molecular weight excluding hydrogens is 488 g/mol. The highest BCUT2D eigenvalue weighted by Crippen LogP contribution is 2.44. The van der Waals surface area contributed by atoms with Crippen molar-refractivity contribution in [1.29, 1.82) is 0 Å². The third-order valence-electron chi connectivity index (χ3n) is 7.36. The number of halogens is 4. The topological polar surface area (TPSA) is 37.3 Å². The highest BCUT2D eigenvalue weighted by Gasteiger charge is 2.29. The van der Waals surface area contributed by atoms with E-state index in [9.17, 15) is 23.1 Å². The zero-order valence-corrected chi connectivity index (χ0v) is 21.7. The maximum absolute atomic E-state index is 15.0. The Morgan fingerprint density at radius 1 is 0.917 bits per heavy atom. The molecule has 2 aromatic rings. The summed E-state index contributed by atoms with van der Waals surface area (Å²) in [5, 5.41) is 9.85. The van der Waals surface area contributed by atoms with Gasteiger partial charge in [0, 0.05) is 5.56 Å². The molecule has 0 amide bonds. The Morgan fingerprint density at radius 3 is 2.22 bits per heavy atom. The number of unbranched alkanes of at least 4 members (excludes halogenated alkanes) is 6. The largest absolute Gasteiger partial charge is 0.478 e.